The highest BCUT2D eigenvalue weighted by Gasteiger charge is 2.29. The van der Waals surface area contributed by atoms with Crippen molar-refractivity contribution >= 4 is 45.7 Å². The Kier molecular flexibility index (Phi) is 6.41. The molecular weight excluding hydrogens is 477 g/mol. The Morgan fingerprint density at radius 2 is 1.92 bits per heavy atom. The molecule has 1 fully saturated rings. The monoisotopic (exact) mass is 497 g/mol. The number of aromatic nitrogens is 2. The van der Waals surface area contributed by atoms with E-state index in [4.69, 9.17) is 16.7 Å². The van der Waals surface area contributed by atoms with Crippen LogP contribution in [0, 0.1) is 23.2 Å². The van der Waals surface area contributed by atoms with Crippen LogP contribution in [0.4, 0.5) is 4.39 Å². The first kappa shape index (κ1) is 23.5. The Morgan fingerprint density at radius 1 is 1.14 bits per heavy atom. The summed E-state index contributed by atoms with van der Waals surface area (Å²) >= 11 is 6.73. The number of benzene rings is 3. The highest BCUT2D eigenvalue weighted by Crippen LogP contribution is 2.47. The molecule has 7 heteroatoms. The number of fused-ring (bicyclic) bond motifs is 1. The van der Waals surface area contributed by atoms with Crippen LogP contribution in [0.1, 0.15) is 47.1 Å². The lowest BCUT2D eigenvalue weighted by atomic mass is 9.72. The third-order valence-electron chi connectivity index (χ3n) is 6.59. The second-order valence-corrected chi connectivity index (χ2v) is 9.16. The molecule has 5 rings (SSSR count). The van der Waals surface area contributed by atoms with Crippen molar-refractivity contribution in [2.75, 3.05) is 0 Å². The number of nitriles is 1. The van der Waals surface area contributed by atoms with Crippen LogP contribution < -0.4 is 0 Å². The molecule has 5 nitrogen and oxygen atoms in total. The smallest absolute Gasteiger partial charge is 0.328 e. The highest BCUT2D eigenvalue weighted by atomic mass is 35.5. The van der Waals surface area contributed by atoms with Crippen molar-refractivity contribution in [2.24, 2.45) is 5.92 Å². The standard InChI is InChI=1S/C29H21ClFN3O2/c30-23-15-18(16-32)9-13-21(23)26(19-3-1-4-19)27(20-11-7-17(8-12-20)10-14-25(35)36)22-5-2-6-24-28(22)29(31)34-33-24/h2,5-15,19H,1,3-4H2,(H,33,34)(H,35,36)/b14-10+,27-26+. The van der Waals surface area contributed by atoms with Crippen molar-refractivity contribution in [3.63, 3.8) is 0 Å². The van der Waals surface area contributed by atoms with E-state index in [-0.39, 0.29) is 5.92 Å². The molecule has 0 aliphatic heterocycles. The van der Waals surface area contributed by atoms with Crippen molar-refractivity contribution < 1.29 is 14.3 Å². The minimum Gasteiger partial charge on any atom is -0.478 e. The van der Waals surface area contributed by atoms with Crippen LogP contribution in [0.15, 0.2) is 66.7 Å². The van der Waals surface area contributed by atoms with Gasteiger partial charge in [0.25, 0.3) is 0 Å². The third-order valence-corrected chi connectivity index (χ3v) is 6.91. The number of carboxylic acid groups (broad SMARTS) is 1. The Morgan fingerprint density at radius 3 is 2.56 bits per heavy atom. The van der Waals surface area contributed by atoms with E-state index in [9.17, 15) is 14.4 Å². The lowest BCUT2D eigenvalue weighted by molar-refractivity contribution is -0.131. The number of hydrogen-bond donors (Lipinski definition) is 2. The number of aromatic amines is 1. The first-order valence-corrected chi connectivity index (χ1v) is 11.9. The molecule has 1 aliphatic carbocycles. The third kappa shape index (κ3) is 4.41. The van der Waals surface area contributed by atoms with Gasteiger partial charge in [-0.05, 0) is 76.4 Å². The topological polar surface area (TPSA) is 89.8 Å². The van der Waals surface area contributed by atoms with Crippen molar-refractivity contribution in [2.45, 2.75) is 19.3 Å². The van der Waals surface area contributed by atoms with E-state index in [1.165, 1.54) is 6.08 Å². The molecule has 0 atom stereocenters. The van der Waals surface area contributed by atoms with Crippen molar-refractivity contribution in [3.05, 3.63) is 106 Å². The number of nitrogens with one attached hydrogen (secondary N) is 1. The van der Waals surface area contributed by atoms with Crippen LogP contribution >= 0.6 is 11.6 Å². The van der Waals surface area contributed by atoms with E-state index >= 15 is 0 Å². The van der Waals surface area contributed by atoms with E-state index < -0.39 is 11.9 Å². The zero-order valence-corrected chi connectivity index (χ0v) is 19.9. The number of carboxylic acids is 1. The SMILES string of the molecule is N#Cc1ccc(/C(=C(\c2ccc(/C=C/C(=O)O)cc2)c2cccc3n[nH]c(F)c23)C2CCC2)c(Cl)c1. The summed E-state index contributed by atoms with van der Waals surface area (Å²) in [5.41, 5.74) is 5.90. The fourth-order valence-electron chi connectivity index (χ4n) is 4.68. The van der Waals surface area contributed by atoms with Gasteiger partial charge >= 0.3 is 5.97 Å². The number of aliphatic carboxylic acids is 1. The molecule has 3 aromatic carbocycles. The van der Waals surface area contributed by atoms with Crippen LogP contribution in [-0.4, -0.2) is 21.3 Å². The van der Waals surface area contributed by atoms with Gasteiger partial charge in [0.1, 0.15) is 0 Å². The second kappa shape index (κ2) is 9.80. The quantitative estimate of drug-likeness (QED) is 0.220. The molecule has 0 spiro atoms. The van der Waals surface area contributed by atoms with Gasteiger partial charge in [0.15, 0.2) is 0 Å². The molecule has 0 radical (unpaired) electrons. The van der Waals surface area contributed by atoms with Gasteiger partial charge in [-0.2, -0.15) is 14.8 Å². The first-order chi connectivity index (χ1) is 17.5. The summed E-state index contributed by atoms with van der Waals surface area (Å²) in [6.45, 7) is 0. The van der Waals surface area contributed by atoms with E-state index in [1.54, 1.807) is 18.2 Å². The normalized spacial score (nSPS) is 14.5. The van der Waals surface area contributed by atoms with Gasteiger partial charge in [0.05, 0.1) is 22.5 Å². The van der Waals surface area contributed by atoms with Crippen LogP contribution in [-0.2, 0) is 4.79 Å². The number of hydrogen-bond acceptors (Lipinski definition) is 3. The van der Waals surface area contributed by atoms with Crippen molar-refractivity contribution in [1.82, 2.24) is 10.2 Å². The number of halogens is 2. The highest BCUT2D eigenvalue weighted by molar-refractivity contribution is 6.33. The predicted molar refractivity (Wildman–Crippen MR) is 139 cm³/mol. The van der Waals surface area contributed by atoms with Gasteiger partial charge < -0.3 is 5.11 Å². The Hall–Kier alpha value is -4.21. The summed E-state index contributed by atoms with van der Waals surface area (Å²) in [5.74, 6) is -1.33. The molecule has 178 valence electrons. The van der Waals surface area contributed by atoms with Gasteiger partial charge in [0, 0.05) is 11.1 Å². The number of nitrogens with zero attached hydrogens (tertiary/aromatic N) is 2. The summed E-state index contributed by atoms with van der Waals surface area (Å²) < 4.78 is 15.0. The van der Waals surface area contributed by atoms with Crippen molar-refractivity contribution in [1.29, 1.82) is 5.26 Å². The molecule has 1 saturated carbocycles. The van der Waals surface area contributed by atoms with Crippen LogP contribution in [0.2, 0.25) is 5.02 Å². The summed E-state index contributed by atoms with van der Waals surface area (Å²) in [5, 5.41) is 25.7. The van der Waals surface area contributed by atoms with E-state index in [0.717, 1.165) is 53.2 Å². The largest absolute Gasteiger partial charge is 0.478 e. The molecule has 1 aromatic heterocycles. The fourth-order valence-corrected chi connectivity index (χ4v) is 4.96. The summed E-state index contributed by atoms with van der Waals surface area (Å²) in [4.78, 5) is 10.9. The average Bonchev–Trinajstić information content (AvgIpc) is 3.23. The molecule has 0 unspecified atom stereocenters. The summed E-state index contributed by atoms with van der Waals surface area (Å²) in [6, 6.07) is 20.4. The molecule has 36 heavy (non-hydrogen) atoms. The van der Waals surface area contributed by atoms with Crippen LogP contribution in [0.25, 0.3) is 28.1 Å². The minimum absolute atomic E-state index is 0.210. The lowest BCUT2D eigenvalue weighted by Gasteiger charge is -2.32. The predicted octanol–water partition coefficient (Wildman–Crippen LogP) is 7.08. The Bertz CT molecular complexity index is 1570. The summed E-state index contributed by atoms with van der Waals surface area (Å²) in [6.07, 6.45) is 5.63. The average molecular weight is 498 g/mol. The second-order valence-electron chi connectivity index (χ2n) is 8.75. The van der Waals surface area contributed by atoms with E-state index in [0.29, 0.717) is 27.1 Å². The molecule has 0 bridgehead atoms. The minimum atomic E-state index is -1.02. The summed E-state index contributed by atoms with van der Waals surface area (Å²) in [7, 11) is 0. The fraction of sp³-hybridized carbons (Fsp3) is 0.138. The number of rotatable bonds is 6. The molecule has 1 heterocycles. The van der Waals surface area contributed by atoms with Gasteiger partial charge in [-0.3, -0.25) is 5.10 Å². The van der Waals surface area contributed by atoms with Gasteiger partial charge in [-0.25, -0.2) is 4.79 Å². The van der Waals surface area contributed by atoms with Gasteiger partial charge in [-0.1, -0.05) is 60.5 Å². The zero-order chi connectivity index (χ0) is 25.2. The molecule has 0 saturated heterocycles. The van der Waals surface area contributed by atoms with Crippen molar-refractivity contribution in [3.8, 4) is 6.07 Å². The van der Waals surface area contributed by atoms with Crippen LogP contribution in [0.3, 0.4) is 0 Å². The number of H-pyrrole nitrogens is 1. The van der Waals surface area contributed by atoms with E-state index in [2.05, 4.69) is 16.3 Å². The maximum Gasteiger partial charge on any atom is 0.328 e. The maximum atomic E-state index is 15.0. The molecule has 1 aliphatic rings. The van der Waals surface area contributed by atoms with Gasteiger partial charge in [-0.15, -0.1) is 0 Å². The Balaban J connectivity index is 1.81. The Labute approximate surface area is 212 Å². The van der Waals surface area contributed by atoms with Gasteiger partial charge in [0.2, 0.25) is 5.95 Å². The first-order valence-electron chi connectivity index (χ1n) is 11.5. The lowest BCUT2D eigenvalue weighted by Crippen LogP contribution is -2.15. The molecule has 0 amide bonds. The maximum absolute atomic E-state index is 15.0. The van der Waals surface area contributed by atoms with Crippen LogP contribution in [0.5, 0.6) is 0 Å². The zero-order valence-electron chi connectivity index (χ0n) is 19.1. The van der Waals surface area contributed by atoms with E-state index in [1.807, 2.05) is 42.5 Å². The number of allylic oxidation sites excluding steroid dienone is 1. The molecule has 2 N–H and O–H groups in total. The molecular formula is C29H21ClFN3O2. The molecule has 4 aromatic rings. The number of carbonyl (C=O) groups is 1.